The summed E-state index contributed by atoms with van der Waals surface area (Å²) in [5.41, 5.74) is 6.24. The molecule has 0 spiro atoms. The first kappa shape index (κ1) is 17.7. The van der Waals surface area contributed by atoms with E-state index in [9.17, 15) is 19.8 Å². The smallest absolute Gasteiger partial charge is 0.237 e. The van der Waals surface area contributed by atoms with Crippen molar-refractivity contribution in [2.24, 2.45) is 10.7 Å². The normalized spacial score (nSPS) is 31.8. The number of rotatable bonds is 6. The standard InChI is InChI=1S/C14H22N4O5/c15-9(4-7-3-8(20)1-2-16-7)14(23)17-5-10-12(21)13(22)11(6-19)18-10/h2-3,9-13,18-19,21-22H,1,4-6,15H2,(H,17,23)/t9-,10-,11-,12-,13-/m1/s1. The van der Waals surface area contributed by atoms with Gasteiger partial charge in [0.1, 0.15) is 0 Å². The number of aliphatic imine (C=N–C) groups is 1. The van der Waals surface area contributed by atoms with E-state index in [0.29, 0.717) is 5.70 Å². The summed E-state index contributed by atoms with van der Waals surface area (Å²) in [6, 6.07) is -2.08. The van der Waals surface area contributed by atoms with Gasteiger partial charge in [0.15, 0.2) is 5.78 Å². The number of nitrogens with one attached hydrogen (secondary N) is 2. The molecule has 0 unspecified atom stereocenters. The molecule has 1 fully saturated rings. The fourth-order valence-corrected chi connectivity index (χ4v) is 2.59. The van der Waals surface area contributed by atoms with E-state index in [0.717, 1.165) is 0 Å². The van der Waals surface area contributed by atoms with Gasteiger partial charge in [0.25, 0.3) is 0 Å². The van der Waals surface area contributed by atoms with Crippen molar-refractivity contribution < 1.29 is 24.9 Å². The second kappa shape index (κ2) is 7.75. The van der Waals surface area contributed by atoms with Gasteiger partial charge in [-0.2, -0.15) is 0 Å². The van der Waals surface area contributed by atoms with Crippen LogP contribution in [0.25, 0.3) is 0 Å². The van der Waals surface area contributed by atoms with Crippen LogP contribution in [0.3, 0.4) is 0 Å². The van der Waals surface area contributed by atoms with Gasteiger partial charge in [0.2, 0.25) is 5.91 Å². The van der Waals surface area contributed by atoms with Crippen molar-refractivity contribution >= 4 is 17.9 Å². The summed E-state index contributed by atoms with van der Waals surface area (Å²) >= 11 is 0. The minimum absolute atomic E-state index is 0.0580. The molecule has 0 bridgehead atoms. The van der Waals surface area contributed by atoms with Gasteiger partial charge < -0.3 is 31.7 Å². The van der Waals surface area contributed by atoms with E-state index >= 15 is 0 Å². The third-order valence-electron chi connectivity index (χ3n) is 3.94. The van der Waals surface area contributed by atoms with Crippen molar-refractivity contribution in [3.05, 3.63) is 11.8 Å². The van der Waals surface area contributed by atoms with E-state index in [4.69, 9.17) is 10.8 Å². The Kier molecular flexibility index (Phi) is 5.97. The monoisotopic (exact) mass is 326 g/mol. The molecule has 1 amide bonds. The first-order valence-corrected chi connectivity index (χ1v) is 7.44. The SMILES string of the molecule is N[C@H](CC1=CC(=O)CC=N1)C(=O)NC[C@H]1N[C@H](CO)[C@@H](O)[C@@H]1O. The van der Waals surface area contributed by atoms with Gasteiger partial charge in [-0.25, -0.2) is 0 Å². The van der Waals surface area contributed by atoms with Gasteiger partial charge in [-0.05, 0) is 0 Å². The molecule has 2 rings (SSSR count). The molecule has 2 aliphatic rings. The molecule has 9 nitrogen and oxygen atoms in total. The van der Waals surface area contributed by atoms with E-state index in [1.54, 1.807) is 0 Å². The Labute approximate surface area is 133 Å². The maximum Gasteiger partial charge on any atom is 0.237 e. The Morgan fingerprint density at radius 3 is 2.74 bits per heavy atom. The molecule has 2 aliphatic heterocycles. The van der Waals surface area contributed by atoms with E-state index < -0.39 is 36.2 Å². The molecule has 0 aliphatic carbocycles. The summed E-state index contributed by atoms with van der Waals surface area (Å²) in [6.07, 6.45) is 1.06. The quantitative estimate of drug-likeness (QED) is 0.300. The zero-order chi connectivity index (χ0) is 17.0. The van der Waals surface area contributed by atoms with Gasteiger partial charge >= 0.3 is 0 Å². The van der Waals surface area contributed by atoms with Crippen LogP contribution in [-0.2, 0) is 9.59 Å². The molecule has 0 radical (unpaired) electrons. The van der Waals surface area contributed by atoms with Crippen LogP contribution in [0.4, 0.5) is 0 Å². The number of carbonyl (C=O) groups is 2. The maximum absolute atomic E-state index is 12.0. The summed E-state index contributed by atoms with van der Waals surface area (Å²) in [4.78, 5) is 27.3. The first-order valence-electron chi connectivity index (χ1n) is 7.44. The highest BCUT2D eigenvalue weighted by Crippen LogP contribution is 2.14. The van der Waals surface area contributed by atoms with Crippen molar-refractivity contribution in [1.29, 1.82) is 0 Å². The fraction of sp³-hybridized carbons (Fsp3) is 0.643. The molecule has 0 saturated carbocycles. The van der Waals surface area contributed by atoms with Gasteiger partial charge in [0.05, 0.1) is 36.9 Å². The van der Waals surface area contributed by atoms with Gasteiger partial charge in [-0.3, -0.25) is 14.6 Å². The Morgan fingerprint density at radius 2 is 2.13 bits per heavy atom. The first-order chi connectivity index (χ1) is 10.9. The van der Waals surface area contributed by atoms with Crippen molar-refractivity contribution in [2.75, 3.05) is 13.2 Å². The summed E-state index contributed by atoms with van der Waals surface area (Å²) in [7, 11) is 0. The Bertz CT molecular complexity index is 521. The molecule has 128 valence electrons. The number of ketones is 1. The van der Waals surface area contributed by atoms with Crippen LogP contribution >= 0.6 is 0 Å². The number of hydrogen-bond acceptors (Lipinski definition) is 8. The predicted molar refractivity (Wildman–Crippen MR) is 81.6 cm³/mol. The number of allylic oxidation sites excluding steroid dienone is 1. The van der Waals surface area contributed by atoms with E-state index in [2.05, 4.69) is 15.6 Å². The molecule has 2 heterocycles. The number of carbonyl (C=O) groups excluding carboxylic acids is 2. The molecule has 23 heavy (non-hydrogen) atoms. The minimum atomic E-state index is -1.09. The minimum Gasteiger partial charge on any atom is -0.395 e. The predicted octanol–water partition coefficient (Wildman–Crippen LogP) is -3.20. The highest BCUT2D eigenvalue weighted by atomic mass is 16.3. The van der Waals surface area contributed by atoms with Gasteiger partial charge in [0, 0.05) is 37.4 Å². The lowest BCUT2D eigenvalue weighted by molar-refractivity contribution is -0.122. The molecule has 0 aromatic carbocycles. The average molecular weight is 326 g/mol. The van der Waals surface area contributed by atoms with Crippen molar-refractivity contribution in [3.63, 3.8) is 0 Å². The number of amides is 1. The van der Waals surface area contributed by atoms with Gasteiger partial charge in [-0.1, -0.05) is 0 Å². The van der Waals surface area contributed by atoms with E-state index in [1.807, 2.05) is 0 Å². The van der Waals surface area contributed by atoms with Crippen LogP contribution in [0.1, 0.15) is 12.8 Å². The second-order valence-electron chi connectivity index (χ2n) is 5.72. The number of aliphatic hydroxyl groups excluding tert-OH is 3. The third-order valence-corrected chi connectivity index (χ3v) is 3.94. The van der Waals surface area contributed by atoms with E-state index in [-0.39, 0.29) is 31.8 Å². The van der Waals surface area contributed by atoms with Crippen LogP contribution in [0.5, 0.6) is 0 Å². The maximum atomic E-state index is 12.0. The zero-order valence-electron chi connectivity index (χ0n) is 12.6. The van der Waals surface area contributed by atoms with Crippen LogP contribution < -0.4 is 16.4 Å². The van der Waals surface area contributed by atoms with Gasteiger partial charge in [-0.15, -0.1) is 0 Å². The van der Waals surface area contributed by atoms with Crippen molar-refractivity contribution in [1.82, 2.24) is 10.6 Å². The number of hydrogen-bond donors (Lipinski definition) is 6. The molecule has 0 aromatic heterocycles. The Balaban J connectivity index is 1.80. The third kappa shape index (κ3) is 4.43. The molecule has 0 aromatic rings. The summed E-state index contributed by atoms with van der Waals surface area (Å²) < 4.78 is 0. The van der Waals surface area contributed by atoms with Crippen LogP contribution in [0.15, 0.2) is 16.8 Å². The van der Waals surface area contributed by atoms with E-state index in [1.165, 1.54) is 12.3 Å². The molecule has 5 atom stereocenters. The topological polar surface area (TPSA) is 157 Å². The number of aliphatic hydroxyl groups is 3. The molecular weight excluding hydrogens is 304 g/mol. The zero-order valence-corrected chi connectivity index (χ0v) is 12.6. The number of nitrogens with zero attached hydrogens (tertiary/aromatic N) is 1. The average Bonchev–Trinajstić information content (AvgIpc) is 2.80. The lowest BCUT2D eigenvalue weighted by Crippen LogP contribution is -2.48. The largest absolute Gasteiger partial charge is 0.395 e. The summed E-state index contributed by atoms with van der Waals surface area (Å²) in [6.45, 7) is -0.259. The van der Waals surface area contributed by atoms with Crippen molar-refractivity contribution in [2.45, 2.75) is 43.2 Å². The lowest BCUT2D eigenvalue weighted by Gasteiger charge is -2.18. The van der Waals surface area contributed by atoms with Crippen LogP contribution in [0.2, 0.25) is 0 Å². The van der Waals surface area contributed by atoms with Crippen molar-refractivity contribution in [3.8, 4) is 0 Å². The Hall–Kier alpha value is -1.65. The van der Waals surface area contributed by atoms with Crippen LogP contribution in [-0.4, -0.2) is 76.7 Å². The molecular formula is C14H22N4O5. The molecule has 9 heteroatoms. The molecule has 7 N–H and O–H groups in total. The highest BCUT2D eigenvalue weighted by Gasteiger charge is 2.40. The summed E-state index contributed by atoms with van der Waals surface area (Å²) in [5, 5.41) is 34.0. The second-order valence-corrected chi connectivity index (χ2v) is 5.72. The summed E-state index contributed by atoms with van der Waals surface area (Å²) in [5.74, 6) is -0.528. The highest BCUT2D eigenvalue weighted by molar-refractivity contribution is 6.01. The molecule has 1 saturated heterocycles. The number of nitrogens with two attached hydrogens (primary N) is 1. The Morgan fingerprint density at radius 1 is 1.43 bits per heavy atom. The fourth-order valence-electron chi connectivity index (χ4n) is 2.59. The van der Waals surface area contributed by atoms with Crippen LogP contribution in [0, 0.1) is 0 Å². The lowest BCUT2D eigenvalue weighted by atomic mass is 10.1.